The topological polar surface area (TPSA) is 9.23 Å². The Morgan fingerprint density at radius 3 is 2.74 bits per heavy atom. The fourth-order valence-corrected chi connectivity index (χ4v) is 5.11. The molecule has 2 fully saturated rings. The van der Waals surface area contributed by atoms with E-state index in [1.165, 1.54) is 38.5 Å². The van der Waals surface area contributed by atoms with Crippen LogP contribution in [0.25, 0.3) is 0 Å². The summed E-state index contributed by atoms with van der Waals surface area (Å²) in [6.45, 7) is 10.7. The second-order valence-corrected chi connectivity index (χ2v) is 8.35. The Morgan fingerprint density at radius 1 is 1.21 bits per heavy atom. The molecule has 1 heterocycles. The maximum Gasteiger partial charge on any atom is 0.0582 e. The van der Waals surface area contributed by atoms with E-state index in [-0.39, 0.29) is 0 Å². The molecule has 0 aromatic carbocycles. The maximum absolute atomic E-state index is 5.86. The van der Waals surface area contributed by atoms with E-state index in [4.69, 9.17) is 4.74 Å². The molecule has 3 rings (SSSR count). The Hall–Kier alpha value is -0.300. The van der Waals surface area contributed by atoms with Crippen molar-refractivity contribution in [1.82, 2.24) is 0 Å². The zero-order valence-corrected chi connectivity index (χ0v) is 13.2. The monoisotopic (exact) mass is 262 g/mol. The second-order valence-electron chi connectivity index (χ2n) is 8.35. The molecule has 1 nitrogen and oxygen atoms in total. The molecule has 0 radical (unpaired) electrons. The van der Waals surface area contributed by atoms with Gasteiger partial charge in [0.1, 0.15) is 0 Å². The van der Waals surface area contributed by atoms with Crippen LogP contribution in [0.5, 0.6) is 0 Å². The fourth-order valence-electron chi connectivity index (χ4n) is 5.11. The first-order valence-corrected chi connectivity index (χ1v) is 8.22. The van der Waals surface area contributed by atoms with Crippen LogP contribution in [-0.2, 0) is 4.74 Å². The van der Waals surface area contributed by atoms with Crippen molar-refractivity contribution in [2.45, 2.75) is 72.3 Å². The van der Waals surface area contributed by atoms with Crippen LogP contribution in [0.15, 0.2) is 11.6 Å². The van der Waals surface area contributed by atoms with Crippen molar-refractivity contribution >= 4 is 0 Å². The van der Waals surface area contributed by atoms with Gasteiger partial charge >= 0.3 is 0 Å². The number of hydrogen-bond donors (Lipinski definition) is 0. The molecule has 0 N–H and O–H groups in total. The second kappa shape index (κ2) is 4.62. The van der Waals surface area contributed by atoms with Gasteiger partial charge in [-0.2, -0.15) is 0 Å². The molecule has 0 amide bonds. The molecule has 2 aliphatic carbocycles. The molecular weight excluding hydrogens is 232 g/mol. The van der Waals surface area contributed by atoms with Gasteiger partial charge in [-0.1, -0.05) is 38.8 Å². The van der Waals surface area contributed by atoms with E-state index in [2.05, 4.69) is 33.8 Å². The predicted octanol–water partition coefficient (Wildman–Crippen LogP) is 4.96. The lowest BCUT2D eigenvalue weighted by Crippen LogP contribution is -2.34. The standard InChI is InChI=1S/C18H30O/c1-13-16-7-6-15(10-14(16)11-19-13)18(4)9-5-8-17(2,3)12-18/h10,13-14,16H,5-9,11-12H2,1-4H3/t13-,14+,16-,18+/m1/s1. The Bertz CT molecular complexity index is 381. The van der Waals surface area contributed by atoms with Gasteiger partial charge in [-0.15, -0.1) is 0 Å². The minimum absolute atomic E-state index is 0.471. The summed E-state index contributed by atoms with van der Waals surface area (Å²) in [4.78, 5) is 0. The molecule has 3 aliphatic rings. The van der Waals surface area contributed by atoms with Gasteiger partial charge in [0.15, 0.2) is 0 Å². The van der Waals surface area contributed by atoms with Gasteiger partial charge in [0.05, 0.1) is 12.7 Å². The highest BCUT2D eigenvalue weighted by Gasteiger charge is 2.43. The zero-order valence-electron chi connectivity index (χ0n) is 13.2. The molecule has 0 unspecified atom stereocenters. The summed E-state index contributed by atoms with van der Waals surface area (Å²) in [5.41, 5.74) is 2.77. The number of fused-ring (bicyclic) bond motifs is 1. The van der Waals surface area contributed by atoms with Crippen LogP contribution in [0, 0.1) is 22.7 Å². The van der Waals surface area contributed by atoms with E-state index in [0.717, 1.165) is 12.5 Å². The molecule has 19 heavy (non-hydrogen) atoms. The van der Waals surface area contributed by atoms with Gasteiger partial charge in [-0.25, -0.2) is 0 Å². The molecule has 1 saturated carbocycles. The summed E-state index contributed by atoms with van der Waals surface area (Å²) in [5.74, 6) is 1.50. The third-order valence-corrected chi connectivity index (χ3v) is 6.09. The van der Waals surface area contributed by atoms with E-state index in [0.29, 0.717) is 22.9 Å². The van der Waals surface area contributed by atoms with Crippen molar-refractivity contribution in [3.8, 4) is 0 Å². The lowest BCUT2D eigenvalue weighted by atomic mass is 9.59. The van der Waals surface area contributed by atoms with E-state index in [1.807, 2.05) is 0 Å². The Balaban J connectivity index is 1.80. The van der Waals surface area contributed by atoms with Crippen molar-refractivity contribution in [3.05, 3.63) is 11.6 Å². The van der Waals surface area contributed by atoms with E-state index in [9.17, 15) is 0 Å². The third-order valence-electron chi connectivity index (χ3n) is 6.09. The molecule has 108 valence electrons. The summed E-state index contributed by atoms with van der Waals surface area (Å²) in [6, 6.07) is 0. The summed E-state index contributed by atoms with van der Waals surface area (Å²) in [5, 5.41) is 0. The number of hydrogen-bond acceptors (Lipinski definition) is 1. The van der Waals surface area contributed by atoms with Crippen molar-refractivity contribution in [2.24, 2.45) is 22.7 Å². The summed E-state index contributed by atoms with van der Waals surface area (Å²) < 4.78 is 5.86. The van der Waals surface area contributed by atoms with Gasteiger partial charge in [0, 0.05) is 5.92 Å². The van der Waals surface area contributed by atoms with Crippen LogP contribution in [-0.4, -0.2) is 12.7 Å². The molecule has 0 spiro atoms. The van der Waals surface area contributed by atoms with E-state index < -0.39 is 0 Å². The molecular formula is C18H30O. The Morgan fingerprint density at radius 2 is 2.00 bits per heavy atom. The van der Waals surface area contributed by atoms with Crippen molar-refractivity contribution in [2.75, 3.05) is 6.61 Å². The van der Waals surface area contributed by atoms with E-state index >= 15 is 0 Å². The minimum atomic E-state index is 0.471. The fraction of sp³-hybridized carbons (Fsp3) is 0.889. The van der Waals surface area contributed by atoms with Crippen molar-refractivity contribution in [3.63, 3.8) is 0 Å². The van der Waals surface area contributed by atoms with Gasteiger partial charge < -0.3 is 4.74 Å². The molecule has 1 aliphatic heterocycles. The highest BCUT2D eigenvalue weighted by Crippen LogP contribution is 2.53. The number of allylic oxidation sites excluding steroid dienone is 1. The summed E-state index contributed by atoms with van der Waals surface area (Å²) >= 11 is 0. The predicted molar refractivity (Wildman–Crippen MR) is 80.1 cm³/mol. The van der Waals surface area contributed by atoms with Crippen LogP contribution >= 0.6 is 0 Å². The highest BCUT2D eigenvalue weighted by atomic mass is 16.5. The maximum atomic E-state index is 5.86. The van der Waals surface area contributed by atoms with Crippen LogP contribution in [0.3, 0.4) is 0 Å². The molecule has 4 atom stereocenters. The number of ether oxygens (including phenoxy) is 1. The van der Waals surface area contributed by atoms with Crippen LogP contribution < -0.4 is 0 Å². The van der Waals surface area contributed by atoms with Crippen molar-refractivity contribution in [1.29, 1.82) is 0 Å². The highest BCUT2D eigenvalue weighted by molar-refractivity contribution is 5.21. The van der Waals surface area contributed by atoms with Crippen LogP contribution in [0.4, 0.5) is 0 Å². The average molecular weight is 262 g/mol. The molecule has 1 saturated heterocycles. The Labute approximate surface area is 118 Å². The third kappa shape index (κ3) is 2.51. The lowest BCUT2D eigenvalue weighted by Gasteiger charge is -2.46. The van der Waals surface area contributed by atoms with Gasteiger partial charge in [-0.3, -0.25) is 0 Å². The minimum Gasteiger partial charge on any atom is -0.378 e. The lowest BCUT2D eigenvalue weighted by molar-refractivity contribution is 0.101. The van der Waals surface area contributed by atoms with E-state index in [1.54, 1.807) is 5.57 Å². The zero-order chi connectivity index (χ0) is 13.7. The molecule has 0 bridgehead atoms. The average Bonchev–Trinajstić information content (AvgIpc) is 2.69. The smallest absolute Gasteiger partial charge is 0.0582 e. The first-order valence-electron chi connectivity index (χ1n) is 8.22. The molecule has 0 aromatic heterocycles. The van der Waals surface area contributed by atoms with Gasteiger partial charge in [0.25, 0.3) is 0 Å². The largest absolute Gasteiger partial charge is 0.378 e. The van der Waals surface area contributed by atoms with Gasteiger partial charge in [0.2, 0.25) is 0 Å². The SMILES string of the molecule is C[C@H]1OC[C@@H]2C=C([C@@]3(C)CCCC(C)(C)C3)CC[C@@H]21. The van der Waals surface area contributed by atoms with Crippen LogP contribution in [0.2, 0.25) is 0 Å². The summed E-state index contributed by atoms with van der Waals surface area (Å²) in [6.07, 6.45) is 11.4. The molecule has 0 aromatic rings. The first kappa shape index (κ1) is 13.7. The quantitative estimate of drug-likeness (QED) is 0.607. The van der Waals surface area contributed by atoms with Gasteiger partial charge in [-0.05, 0) is 55.8 Å². The number of rotatable bonds is 1. The first-order chi connectivity index (χ1) is 8.90. The van der Waals surface area contributed by atoms with Crippen LogP contribution in [0.1, 0.15) is 66.2 Å². The normalized spacial score (nSPS) is 45.7. The Kier molecular flexibility index (Phi) is 3.32. The summed E-state index contributed by atoms with van der Waals surface area (Å²) in [7, 11) is 0. The van der Waals surface area contributed by atoms with Crippen molar-refractivity contribution < 1.29 is 4.74 Å². The molecule has 1 heteroatoms.